The molecule has 1 aliphatic heterocycles. The van der Waals surface area contributed by atoms with E-state index in [2.05, 4.69) is 10.4 Å². The standard InChI is InChI=1S/C19H22FN3O2S/c1-19(9-6-17(20)16(12-19)14-7-10-21-11-8-14)26(24,25)23-18-5-3-2-4-15(18)13-22-23/h2-6,9,13-14,21H,7-8,10-12H2,1H3. The number of allylic oxidation sites excluding steroid dienone is 3. The van der Waals surface area contributed by atoms with Gasteiger partial charge >= 0.3 is 0 Å². The average molecular weight is 375 g/mol. The average Bonchev–Trinajstić information content (AvgIpc) is 3.09. The number of nitrogens with one attached hydrogen (secondary N) is 1. The summed E-state index contributed by atoms with van der Waals surface area (Å²) in [6, 6.07) is 7.19. The van der Waals surface area contributed by atoms with E-state index in [0.29, 0.717) is 11.1 Å². The van der Waals surface area contributed by atoms with Crippen molar-refractivity contribution in [3.8, 4) is 0 Å². The summed E-state index contributed by atoms with van der Waals surface area (Å²) in [6.45, 7) is 3.32. The summed E-state index contributed by atoms with van der Waals surface area (Å²) in [4.78, 5) is 0. The molecule has 1 aliphatic carbocycles. The molecule has 138 valence electrons. The molecule has 1 saturated heterocycles. The highest BCUT2D eigenvalue weighted by Crippen LogP contribution is 2.40. The summed E-state index contributed by atoms with van der Waals surface area (Å²) >= 11 is 0. The minimum atomic E-state index is -3.84. The molecule has 1 N–H and O–H groups in total. The van der Waals surface area contributed by atoms with Gasteiger partial charge in [-0.05, 0) is 62.9 Å². The molecule has 4 rings (SSSR count). The van der Waals surface area contributed by atoms with Gasteiger partial charge in [-0.2, -0.15) is 9.19 Å². The molecule has 1 aromatic carbocycles. The van der Waals surface area contributed by atoms with Gasteiger partial charge in [0.25, 0.3) is 10.0 Å². The summed E-state index contributed by atoms with van der Waals surface area (Å²) in [5.74, 6) is -0.194. The molecule has 0 amide bonds. The summed E-state index contributed by atoms with van der Waals surface area (Å²) in [5, 5.41) is 8.15. The smallest absolute Gasteiger partial charge is 0.263 e. The second-order valence-electron chi connectivity index (χ2n) is 7.27. The first kappa shape index (κ1) is 17.4. The van der Waals surface area contributed by atoms with Crippen molar-refractivity contribution < 1.29 is 12.8 Å². The second-order valence-corrected chi connectivity index (χ2v) is 9.50. The third-order valence-corrected chi connectivity index (χ3v) is 7.73. The number of para-hydroxylation sites is 1. The van der Waals surface area contributed by atoms with Gasteiger partial charge in [0.1, 0.15) is 10.6 Å². The third-order valence-electron chi connectivity index (χ3n) is 5.52. The molecule has 1 fully saturated rings. The highest BCUT2D eigenvalue weighted by atomic mass is 32.2. The SMILES string of the molecule is CC1(S(=O)(=O)n2ncc3ccccc32)C=CC(F)=C(C2CCNCC2)C1. The zero-order valence-electron chi connectivity index (χ0n) is 14.7. The van der Waals surface area contributed by atoms with Gasteiger partial charge in [-0.3, -0.25) is 0 Å². The lowest BCUT2D eigenvalue weighted by atomic mass is 9.81. The van der Waals surface area contributed by atoms with Crippen LogP contribution in [0.5, 0.6) is 0 Å². The number of piperidine rings is 1. The molecule has 0 bridgehead atoms. The molecular formula is C19H22FN3O2S. The van der Waals surface area contributed by atoms with Crippen molar-refractivity contribution >= 4 is 20.9 Å². The van der Waals surface area contributed by atoms with Crippen LogP contribution in [-0.4, -0.2) is 35.4 Å². The van der Waals surface area contributed by atoms with Crippen LogP contribution in [0.4, 0.5) is 4.39 Å². The Morgan fingerprint density at radius 2 is 2.00 bits per heavy atom. The molecule has 1 aromatic heterocycles. The zero-order chi connectivity index (χ0) is 18.4. The fraction of sp³-hybridized carbons (Fsp3) is 0.421. The van der Waals surface area contributed by atoms with Crippen molar-refractivity contribution in [3.05, 3.63) is 54.0 Å². The van der Waals surface area contributed by atoms with E-state index in [0.717, 1.165) is 35.4 Å². The number of rotatable bonds is 3. The van der Waals surface area contributed by atoms with E-state index in [1.807, 2.05) is 12.1 Å². The van der Waals surface area contributed by atoms with E-state index in [4.69, 9.17) is 0 Å². The van der Waals surface area contributed by atoms with Gasteiger partial charge in [-0.1, -0.05) is 24.3 Å². The number of benzene rings is 1. The van der Waals surface area contributed by atoms with Crippen LogP contribution in [0.25, 0.3) is 10.9 Å². The molecule has 7 heteroatoms. The summed E-state index contributed by atoms with van der Waals surface area (Å²) in [7, 11) is -3.84. The Balaban J connectivity index is 1.73. The minimum absolute atomic E-state index is 0.0880. The van der Waals surface area contributed by atoms with Crippen LogP contribution in [0.2, 0.25) is 0 Å². The van der Waals surface area contributed by atoms with Crippen LogP contribution in [0, 0.1) is 5.92 Å². The number of fused-ring (bicyclic) bond motifs is 1. The lowest BCUT2D eigenvalue weighted by molar-refractivity contribution is 0.391. The van der Waals surface area contributed by atoms with E-state index in [-0.39, 0.29) is 18.2 Å². The Kier molecular flexibility index (Phi) is 4.23. The lowest BCUT2D eigenvalue weighted by Crippen LogP contribution is -2.41. The van der Waals surface area contributed by atoms with Crippen molar-refractivity contribution in [2.24, 2.45) is 5.92 Å². The molecule has 0 spiro atoms. The van der Waals surface area contributed by atoms with Crippen molar-refractivity contribution in [3.63, 3.8) is 0 Å². The molecule has 26 heavy (non-hydrogen) atoms. The molecular weight excluding hydrogens is 353 g/mol. The van der Waals surface area contributed by atoms with Gasteiger partial charge in [0.2, 0.25) is 0 Å². The molecule has 0 radical (unpaired) electrons. The Bertz CT molecular complexity index is 1000. The molecule has 5 nitrogen and oxygen atoms in total. The van der Waals surface area contributed by atoms with Crippen molar-refractivity contribution in [1.82, 2.24) is 14.5 Å². The van der Waals surface area contributed by atoms with Gasteiger partial charge < -0.3 is 5.32 Å². The van der Waals surface area contributed by atoms with E-state index >= 15 is 0 Å². The van der Waals surface area contributed by atoms with Crippen molar-refractivity contribution in [2.75, 3.05) is 13.1 Å². The topological polar surface area (TPSA) is 64.0 Å². The van der Waals surface area contributed by atoms with Crippen LogP contribution in [0.1, 0.15) is 26.2 Å². The quantitative estimate of drug-likeness (QED) is 0.895. The Hall–Kier alpha value is -1.99. The fourth-order valence-corrected chi connectivity index (χ4v) is 5.47. The molecule has 1 atom stereocenters. The largest absolute Gasteiger partial charge is 0.317 e. The molecule has 2 heterocycles. The predicted octanol–water partition coefficient (Wildman–Crippen LogP) is 3.16. The maximum absolute atomic E-state index is 14.5. The third kappa shape index (κ3) is 2.70. The number of hydrogen-bond acceptors (Lipinski definition) is 4. The van der Waals surface area contributed by atoms with Gasteiger partial charge in [-0.15, -0.1) is 0 Å². The number of halogens is 1. The second kappa shape index (κ2) is 6.32. The first-order valence-electron chi connectivity index (χ1n) is 8.89. The van der Waals surface area contributed by atoms with Crippen LogP contribution >= 0.6 is 0 Å². The zero-order valence-corrected chi connectivity index (χ0v) is 15.5. The number of hydrogen-bond donors (Lipinski definition) is 1. The molecule has 0 saturated carbocycles. The number of aromatic nitrogens is 2. The first-order valence-corrected chi connectivity index (χ1v) is 10.3. The summed E-state index contributed by atoms with van der Waals surface area (Å²) in [5.41, 5.74) is 1.16. The van der Waals surface area contributed by atoms with E-state index in [1.54, 1.807) is 25.3 Å². The van der Waals surface area contributed by atoms with Gasteiger partial charge in [0.15, 0.2) is 0 Å². The monoisotopic (exact) mass is 375 g/mol. The highest BCUT2D eigenvalue weighted by Gasteiger charge is 2.43. The van der Waals surface area contributed by atoms with Crippen molar-refractivity contribution in [1.29, 1.82) is 0 Å². The number of nitrogens with zero attached hydrogens (tertiary/aromatic N) is 2. The molecule has 1 unspecified atom stereocenters. The summed E-state index contributed by atoms with van der Waals surface area (Å²) < 4.78 is 41.2. The van der Waals surface area contributed by atoms with Crippen LogP contribution in [0.3, 0.4) is 0 Å². The van der Waals surface area contributed by atoms with E-state index in [9.17, 15) is 12.8 Å². The van der Waals surface area contributed by atoms with Crippen LogP contribution in [0.15, 0.2) is 54.0 Å². The molecule has 2 aromatic rings. The normalized spacial score (nSPS) is 25.2. The van der Waals surface area contributed by atoms with Crippen LogP contribution in [-0.2, 0) is 10.0 Å². The Morgan fingerprint density at radius 3 is 2.77 bits per heavy atom. The summed E-state index contributed by atoms with van der Waals surface area (Å²) in [6.07, 6.45) is 6.17. The Labute approximate surface area is 152 Å². The van der Waals surface area contributed by atoms with Crippen LogP contribution < -0.4 is 5.32 Å². The van der Waals surface area contributed by atoms with E-state index in [1.165, 1.54) is 12.2 Å². The van der Waals surface area contributed by atoms with Gasteiger partial charge in [0, 0.05) is 5.39 Å². The molecule has 2 aliphatic rings. The maximum atomic E-state index is 14.5. The lowest BCUT2D eigenvalue weighted by Gasteiger charge is -2.34. The first-order chi connectivity index (χ1) is 12.4. The Morgan fingerprint density at radius 1 is 1.27 bits per heavy atom. The maximum Gasteiger partial charge on any atom is 0.263 e. The van der Waals surface area contributed by atoms with Gasteiger partial charge in [-0.25, -0.2) is 12.8 Å². The van der Waals surface area contributed by atoms with E-state index < -0.39 is 14.8 Å². The highest BCUT2D eigenvalue weighted by molar-refractivity contribution is 7.91. The van der Waals surface area contributed by atoms with Crippen molar-refractivity contribution in [2.45, 2.75) is 30.9 Å². The fourth-order valence-electron chi connectivity index (χ4n) is 3.90. The minimum Gasteiger partial charge on any atom is -0.317 e. The van der Waals surface area contributed by atoms with Gasteiger partial charge in [0.05, 0.1) is 11.7 Å². The predicted molar refractivity (Wildman–Crippen MR) is 99.9 cm³/mol.